The summed E-state index contributed by atoms with van der Waals surface area (Å²) >= 11 is 0. The Balaban J connectivity index is 1.53. The van der Waals surface area contributed by atoms with Gasteiger partial charge in [-0.05, 0) is 115 Å². The first-order chi connectivity index (χ1) is 15.5. The largest absolute Gasteiger partial charge is 0.393 e. The lowest BCUT2D eigenvalue weighted by atomic mass is 9.42. The summed E-state index contributed by atoms with van der Waals surface area (Å²) in [5.41, 5.74) is 0.459. The molecular weight excluding hydrogens is 408 g/mol. The second-order valence-corrected chi connectivity index (χ2v) is 14.0. The fourth-order valence-corrected chi connectivity index (χ4v) is 10.4. The Morgan fingerprint density at radius 2 is 1.52 bits per heavy atom. The molecule has 3 N–H and O–H groups in total. The van der Waals surface area contributed by atoms with E-state index in [2.05, 4.69) is 48.5 Å². The molecule has 33 heavy (non-hydrogen) atoms. The van der Waals surface area contributed by atoms with Crippen molar-refractivity contribution in [2.45, 2.75) is 125 Å². The quantitative estimate of drug-likeness (QED) is 0.434. The van der Waals surface area contributed by atoms with Crippen LogP contribution in [0.4, 0.5) is 0 Å². The topological polar surface area (TPSA) is 60.7 Å². The van der Waals surface area contributed by atoms with E-state index < -0.39 is 0 Å². The van der Waals surface area contributed by atoms with Gasteiger partial charge in [0.05, 0.1) is 18.3 Å². The summed E-state index contributed by atoms with van der Waals surface area (Å²) in [6.45, 7) is 16.4. The monoisotopic (exact) mass is 462 g/mol. The molecule has 3 heteroatoms. The van der Waals surface area contributed by atoms with Crippen molar-refractivity contribution in [3.05, 3.63) is 0 Å². The molecule has 4 aliphatic rings. The van der Waals surface area contributed by atoms with Crippen LogP contribution in [-0.4, -0.2) is 33.6 Å². The molecule has 13 atom stereocenters. The Hall–Kier alpha value is -0.120. The van der Waals surface area contributed by atoms with Gasteiger partial charge in [0.25, 0.3) is 0 Å². The van der Waals surface area contributed by atoms with Crippen molar-refractivity contribution in [1.82, 2.24) is 0 Å². The highest BCUT2D eigenvalue weighted by molar-refractivity contribution is 5.12. The van der Waals surface area contributed by atoms with Crippen LogP contribution in [0.5, 0.6) is 0 Å². The molecule has 0 heterocycles. The van der Waals surface area contributed by atoms with Crippen LogP contribution in [0, 0.1) is 64.1 Å². The number of hydrogen-bond acceptors (Lipinski definition) is 3. The van der Waals surface area contributed by atoms with E-state index >= 15 is 0 Å². The molecule has 5 unspecified atom stereocenters. The molecule has 0 spiro atoms. The summed E-state index contributed by atoms with van der Waals surface area (Å²) in [6, 6.07) is 0. The Morgan fingerprint density at radius 3 is 2.15 bits per heavy atom. The molecule has 4 fully saturated rings. The highest BCUT2D eigenvalue weighted by atomic mass is 16.3. The zero-order valence-corrected chi connectivity index (χ0v) is 22.6. The molecule has 0 aromatic heterocycles. The van der Waals surface area contributed by atoms with E-state index in [4.69, 9.17) is 0 Å². The molecule has 0 aromatic carbocycles. The van der Waals surface area contributed by atoms with E-state index in [1.165, 1.54) is 25.7 Å². The summed E-state index contributed by atoms with van der Waals surface area (Å²) in [5.74, 6) is 4.60. The minimum Gasteiger partial charge on any atom is -0.393 e. The standard InChI is InChI=1S/C30H54O3/c1-8-20(17(2)3)15-26(32)18(4)22-9-10-23-21-16-27(33)28-19(5)25(31)12-14-30(28,7)24(21)11-13-29(22,23)6/h17-28,31-33H,8-16H2,1-7H3/t18-,19?,20+,21-,22+,23-,24-,25?,26?,27?,28?,29+,30+/m0/s1. The average molecular weight is 463 g/mol. The van der Waals surface area contributed by atoms with Crippen LogP contribution in [0.3, 0.4) is 0 Å². The van der Waals surface area contributed by atoms with Crippen molar-refractivity contribution >= 4 is 0 Å². The number of aliphatic hydroxyl groups is 3. The highest BCUT2D eigenvalue weighted by Crippen LogP contribution is 2.69. The van der Waals surface area contributed by atoms with E-state index in [-0.39, 0.29) is 35.6 Å². The van der Waals surface area contributed by atoms with Crippen LogP contribution >= 0.6 is 0 Å². The van der Waals surface area contributed by atoms with Crippen molar-refractivity contribution < 1.29 is 15.3 Å². The van der Waals surface area contributed by atoms with E-state index in [1.807, 2.05) is 0 Å². The molecule has 0 amide bonds. The molecule has 3 nitrogen and oxygen atoms in total. The molecule has 4 rings (SSSR count). The van der Waals surface area contributed by atoms with Crippen molar-refractivity contribution in [3.63, 3.8) is 0 Å². The van der Waals surface area contributed by atoms with Crippen LogP contribution in [0.25, 0.3) is 0 Å². The van der Waals surface area contributed by atoms with E-state index in [0.29, 0.717) is 46.8 Å². The molecule has 0 aromatic rings. The Bertz CT molecular complexity index is 677. The van der Waals surface area contributed by atoms with Gasteiger partial charge in [-0.15, -0.1) is 0 Å². The van der Waals surface area contributed by atoms with Gasteiger partial charge in [0.1, 0.15) is 0 Å². The van der Waals surface area contributed by atoms with E-state index in [1.54, 1.807) is 0 Å². The maximum absolute atomic E-state index is 11.4. The van der Waals surface area contributed by atoms with Crippen LogP contribution in [0.15, 0.2) is 0 Å². The van der Waals surface area contributed by atoms with Gasteiger partial charge in [-0.3, -0.25) is 0 Å². The number of hydrogen-bond donors (Lipinski definition) is 3. The van der Waals surface area contributed by atoms with Crippen molar-refractivity contribution in [3.8, 4) is 0 Å². The van der Waals surface area contributed by atoms with Gasteiger partial charge >= 0.3 is 0 Å². The number of fused-ring (bicyclic) bond motifs is 5. The van der Waals surface area contributed by atoms with Gasteiger partial charge in [0, 0.05) is 0 Å². The van der Waals surface area contributed by atoms with Crippen molar-refractivity contribution in [2.24, 2.45) is 64.1 Å². The maximum atomic E-state index is 11.4. The number of rotatable bonds is 6. The first-order valence-electron chi connectivity index (χ1n) is 14.5. The summed E-state index contributed by atoms with van der Waals surface area (Å²) in [7, 11) is 0. The fraction of sp³-hybridized carbons (Fsp3) is 1.00. The van der Waals surface area contributed by atoms with Gasteiger partial charge in [0.2, 0.25) is 0 Å². The minimum atomic E-state index is -0.276. The van der Waals surface area contributed by atoms with E-state index in [9.17, 15) is 15.3 Å². The van der Waals surface area contributed by atoms with Crippen LogP contribution in [0.2, 0.25) is 0 Å². The zero-order valence-electron chi connectivity index (χ0n) is 22.6. The first kappa shape index (κ1) is 26.0. The van der Waals surface area contributed by atoms with Gasteiger partial charge in [-0.2, -0.15) is 0 Å². The highest BCUT2D eigenvalue weighted by Gasteiger charge is 2.63. The molecule has 0 radical (unpaired) electrons. The van der Waals surface area contributed by atoms with E-state index in [0.717, 1.165) is 32.1 Å². The summed E-state index contributed by atoms with van der Waals surface area (Å²) < 4.78 is 0. The van der Waals surface area contributed by atoms with Crippen molar-refractivity contribution in [1.29, 1.82) is 0 Å². The number of aliphatic hydroxyl groups excluding tert-OH is 3. The Morgan fingerprint density at radius 1 is 0.879 bits per heavy atom. The molecule has 0 bridgehead atoms. The summed E-state index contributed by atoms with van der Waals surface area (Å²) in [4.78, 5) is 0. The normalized spacial score (nSPS) is 50.3. The molecule has 4 saturated carbocycles. The van der Waals surface area contributed by atoms with Gasteiger partial charge in [0.15, 0.2) is 0 Å². The lowest BCUT2D eigenvalue weighted by Crippen LogP contribution is -2.60. The first-order valence-corrected chi connectivity index (χ1v) is 14.5. The molecule has 4 aliphatic carbocycles. The summed E-state index contributed by atoms with van der Waals surface area (Å²) in [6.07, 6.45) is 9.31. The Kier molecular flexibility index (Phi) is 7.39. The smallest absolute Gasteiger partial charge is 0.0580 e. The second kappa shape index (κ2) is 9.40. The maximum Gasteiger partial charge on any atom is 0.0580 e. The minimum absolute atomic E-state index is 0.164. The predicted molar refractivity (Wildman–Crippen MR) is 136 cm³/mol. The molecule has 0 saturated heterocycles. The second-order valence-electron chi connectivity index (χ2n) is 14.0. The van der Waals surface area contributed by atoms with Gasteiger partial charge < -0.3 is 15.3 Å². The van der Waals surface area contributed by atoms with Gasteiger partial charge in [-0.25, -0.2) is 0 Å². The SMILES string of the molecule is CC[C@H](CC(O)[C@@H](C)[C@H]1CC[C@H]2[C@@H]3CC(O)C4C(C)C(O)CC[C@]4(C)[C@H]3CC[C@]12C)C(C)C. The third kappa shape index (κ3) is 4.14. The van der Waals surface area contributed by atoms with Crippen molar-refractivity contribution in [2.75, 3.05) is 0 Å². The van der Waals surface area contributed by atoms with Crippen LogP contribution in [-0.2, 0) is 0 Å². The Labute approximate surface area is 204 Å². The fourth-order valence-electron chi connectivity index (χ4n) is 10.4. The molecule has 0 aliphatic heterocycles. The average Bonchev–Trinajstić information content (AvgIpc) is 3.11. The van der Waals surface area contributed by atoms with Crippen LogP contribution < -0.4 is 0 Å². The van der Waals surface area contributed by atoms with Crippen LogP contribution in [0.1, 0.15) is 106 Å². The lowest BCUT2D eigenvalue weighted by molar-refractivity contribution is -0.192. The van der Waals surface area contributed by atoms with Gasteiger partial charge in [-0.1, -0.05) is 54.9 Å². The molecule has 192 valence electrons. The zero-order chi connectivity index (χ0) is 24.3. The lowest BCUT2D eigenvalue weighted by Gasteiger charge is -2.63. The third-order valence-corrected chi connectivity index (χ3v) is 12.5. The predicted octanol–water partition coefficient (Wildman–Crippen LogP) is 6.29. The summed E-state index contributed by atoms with van der Waals surface area (Å²) in [5, 5.41) is 33.2. The third-order valence-electron chi connectivity index (χ3n) is 12.5. The molecular formula is C30H54O3.